The molecule has 3 saturated heterocycles. The molecule has 12 aliphatic rings. The zero-order chi connectivity index (χ0) is 66.0. The average Bonchev–Trinajstić information content (AvgIpc) is 4.60. The number of hydrogen-bond donors (Lipinski definition) is 3. The van der Waals surface area contributed by atoms with Gasteiger partial charge in [-0.15, -0.1) is 0 Å². The van der Waals surface area contributed by atoms with Crippen LogP contribution in [0.4, 0.5) is 0 Å². The van der Waals surface area contributed by atoms with Crippen LogP contribution in [0.1, 0.15) is 328 Å². The van der Waals surface area contributed by atoms with Crippen molar-refractivity contribution in [2.24, 2.45) is 35.5 Å². The second kappa shape index (κ2) is 78.8. The molecule has 10 nitrogen and oxygen atoms in total. The molecule has 6 saturated carbocycles. The lowest BCUT2D eigenvalue weighted by molar-refractivity contribution is -0.0334. The van der Waals surface area contributed by atoms with E-state index < -0.39 is 17.1 Å². The molecule has 0 unspecified atom stereocenters. The molecule has 11 heteroatoms. The Kier molecular flexibility index (Phi) is 82.4. The maximum atomic E-state index is 10.2. The normalized spacial score (nSPS) is 21.1. The van der Waals surface area contributed by atoms with Crippen LogP contribution in [-0.2, 0) is 18.9 Å². The van der Waals surface area contributed by atoms with Crippen LogP contribution in [0.5, 0.6) is 0 Å². The highest BCUT2D eigenvalue weighted by Crippen LogP contribution is 2.44. The minimum atomic E-state index is -0.802. The predicted molar refractivity (Wildman–Crippen MR) is 392 cm³/mol. The standard InChI is InChI=1S/C8H12.C7H12.C6H12.C6H14.C5H10O.C5H10.C5H6.C5H12.C4H8O2.C4H8O.C4H10S.C4H8.C4H10.C4H8.C3H3N3O3.C3H8/c1-2-8-5-3-7(1)4-6-8;1-2-7-4-3-6(1)5-7;1-2-4-6-5-3-1;1-5(2)6(3)4;1-2-4-6-5-3-1;2*1-2-4-5-3-1;1-3-5-4-2;1-2-6-4-3-5-1;1-2-4-5-3-1;1-3-5-4-2;1-2-4-3-1;2*1-3-4-2;7-1-4-2(8)6-3(9)5-1;1-3-2/h1-2,7-8H,3-6H2;6-7H,1-5H2;1-6H2;5-6H,1-4H3;1-5H2;1-5H2;1-4H,5H2;3-5H2,1-2H3;1-4H2;1-4H2;3-4H2,1-2H3;1-4H2;3-4H2,1-2H3;3-4H,1-2H3;(H3,4,5,6,7,8,9);3H2,1-2H3/b;;;;;;;;;;;;;4-3+;;. The number of ether oxygens (including phenoxy) is 4. The minimum Gasteiger partial charge on any atom is -0.381 e. The van der Waals surface area contributed by atoms with Gasteiger partial charge in [0.15, 0.2) is 0 Å². The number of hydrogen-bond acceptors (Lipinski definition) is 8. The first-order chi connectivity index (χ1) is 42.8. The lowest BCUT2D eigenvalue weighted by Gasteiger charge is -2.29. The van der Waals surface area contributed by atoms with Crippen LogP contribution in [0.3, 0.4) is 0 Å². The van der Waals surface area contributed by atoms with E-state index in [0.717, 1.165) is 82.9 Å². The second-order valence-corrected chi connectivity index (χ2v) is 26.7. The van der Waals surface area contributed by atoms with Crippen LogP contribution >= 0.6 is 11.8 Å². The number of allylic oxidation sites excluding steroid dienone is 8. The molecule has 9 fully saturated rings. The molecule has 1 aromatic heterocycles. The maximum absolute atomic E-state index is 10.2. The number of thioether (sulfide) groups is 1. The van der Waals surface area contributed by atoms with E-state index in [0.29, 0.717) is 0 Å². The quantitative estimate of drug-likeness (QED) is 0.240. The SMILES string of the molecule is C/C=C/C.C1=CC2CCC1CC2.C1=CCC=C1.C1CC2CCC1C2.C1CCC1.C1CCCC1.C1CCCCC1.C1CCOC1.C1CCOCC1.C1COCCO1.CC(C)C(C)C.CCC.CCCC.CCCCC.CCSCC.O=c1[nH]c(=O)[nH]c(=O)[nH]1. The van der Waals surface area contributed by atoms with Gasteiger partial charge in [-0.1, -0.05) is 292 Å². The lowest BCUT2D eigenvalue weighted by Crippen LogP contribution is -2.34. The molecule has 0 spiro atoms. The summed E-state index contributed by atoms with van der Waals surface area (Å²) in [6.45, 7) is 37.5. The number of aromatic amines is 3. The number of nitrogens with one attached hydrogen (secondary N) is 3. The van der Waals surface area contributed by atoms with Crippen molar-refractivity contribution < 1.29 is 18.9 Å². The molecule has 3 N–H and O–H groups in total. The molecule has 9 aliphatic carbocycles. The Morgan fingerprint density at radius 2 is 0.670 bits per heavy atom. The topological polar surface area (TPSA) is 135 Å². The highest BCUT2D eigenvalue weighted by atomic mass is 32.2. The molecule has 88 heavy (non-hydrogen) atoms. The molecule has 0 atom stereocenters. The van der Waals surface area contributed by atoms with Gasteiger partial charge in [0.2, 0.25) is 0 Å². The van der Waals surface area contributed by atoms with Crippen molar-refractivity contribution in [1.29, 1.82) is 0 Å². The fourth-order valence-corrected chi connectivity index (χ4v) is 9.61. The average molecular weight is 1260 g/mol. The zero-order valence-corrected chi connectivity index (χ0v) is 61.7. The first-order valence-corrected chi connectivity index (χ1v) is 38.3. The monoisotopic (exact) mass is 1260 g/mol. The molecular formula is C77H151N3O7S. The van der Waals surface area contributed by atoms with E-state index in [4.69, 9.17) is 18.9 Å². The number of H-pyrrole nitrogens is 3. The Hall–Kier alpha value is -2.44. The van der Waals surface area contributed by atoms with Gasteiger partial charge in [-0.2, -0.15) is 11.8 Å². The Labute approximate surface area is 550 Å². The molecule has 0 radical (unpaired) electrons. The number of fused-ring (bicyclic) bond motifs is 4. The van der Waals surface area contributed by atoms with Crippen molar-refractivity contribution in [1.82, 2.24) is 15.0 Å². The Balaban J connectivity index is -0.000000431. The van der Waals surface area contributed by atoms with E-state index in [1.807, 2.05) is 37.8 Å². The Morgan fingerprint density at radius 3 is 0.773 bits per heavy atom. The van der Waals surface area contributed by atoms with Gasteiger partial charge in [-0.05, 0) is 131 Å². The molecule has 0 amide bonds. The molecule has 0 aromatic carbocycles. The van der Waals surface area contributed by atoms with Gasteiger partial charge in [0.25, 0.3) is 0 Å². The van der Waals surface area contributed by atoms with E-state index in [1.165, 1.54) is 216 Å². The van der Waals surface area contributed by atoms with Gasteiger partial charge in [0.1, 0.15) is 0 Å². The summed E-state index contributed by atoms with van der Waals surface area (Å²) in [4.78, 5) is 35.9. The third-order valence-electron chi connectivity index (χ3n) is 16.1. The minimum absolute atomic E-state index is 0.778. The summed E-state index contributed by atoms with van der Waals surface area (Å²) in [6.07, 6.45) is 69.0. The van der Waals surface area contributed by atoms with Gasteiger partial charge in [-0.3, -0.25) is 15.0 Å². The Bertz CT molecular complexity index is 1490. The van der Waals surface area contributed by atoms with Gasteiger partial charge in [0.05, 0.1) is 26.4 Å². The van der Waals surface area contributed by atoms with Crippen LogP contribution in [0.2, 0.25) is 0 Å². The Morgan fingerprint density at radius 1 is 0.409 bits per heavy atom. The first kappa shape index (κ1) is 92.0. The van der Waals surface area contributed by atoms with Crippen LogP contribution < -0.4 is 17.1 Å². The second-order valence-electron chi connectivity index (χ2n) is 25.2. The van der Waals surface area contributed by atoms with Crippen molar-refractivity contribution in [2.75, 3.05) is 64.4 Å². The summed E-state index contributed by atoms with van der Waals surface area (Å²) in [5.74, 6) is 8.51. The summed E-state index contributed by atoms with van der Waals surface area (Å²) < 4.78 is 19.9. The summed E-state index contributed by atoms with van der Waals surface area (Å²) in [5, 5.41) is 0. The van der Waals surface area contributed by atoms with Gasteiger partial charge >= 0.3 is 17.1 Å². The molecule has 4 heterocycles. The van der Waals surface area contributed by atoms with Crippen molar-refractivity contribution in [3.8, 4) is 0 Å². The largest absolute Gasteiger partial charge is 0.381 e. The van der Waals surface area contributed by atoms with Crippen LogP contribution in [0.25, 0.3) is 0 Å². The van der Waals surface area contributed by atoms with Crippen LogP contribution in [0.15, 0.2) is 63.0 Å². The highest BCUT2D eigenvalue weighted by Gasteiger charge is 2.30. The lowest BCUT2D eigenvalue weighted by atomic mass is 9.76. The summed E-state index contributed by atoms with van der Waals surface area (Å²) in [7, 11) is 0. The fourth-order valence-electron chi connectivity index (χ4n) is 9.20. The van der Waals surface area contributed by atoms with Gasteiger partial charge < -0.3 is 18.9 Å². The predicted octanol–water partition coefficient (Wildman–Crippen LogP) is 22.7. The van der Waals surface area contributed by atoms with E-state index in [9.17, 15) is 14.4 Å². The maximum Gasteiger partial charge on any atom is 0.330 e. The molecule has 4 bridgehead atoms. The van der Waals surface area contributed by atoms with Crippen molar-refractivity contribution in [3.63, 3.8) is 0 Å². The summed E-state index contributed by atoms with van der Waals surface area (Å²) in [6, 6.07) is 0. The molecule has 1 aromatic rings. The number of rotatable bonds is 6. The van der Waals surface area contributed by atoms with E-state index >= 15 is 0 Å². The number of unbranched alkanes of at least 4 members (excludes halogenated alkanes) is 3. The molecule has 522 valence electrons. The zero-order valence-electron chi connectivity index (χ0n) is 60.9. The van der Waals surface area contributed by atoms with Gasteiger partial charge in [-0.25, -0.2) is 14.4 Å². The van der Waals surface area contributed by atoms with Crippen molar-refractivity contribution in [2.45, 2.75) is 328 Å². The molecule has 13 rings (SSSR count). The van der Waals surface area contributed by atoms with Crippen molar-refractivity contribution >= 4 is 11.8 Å². The highest BCUT2D eigenvalue weighted by molar-refractivity contribution is 7.99. The van der Waals surface area contributed by atoms with E-state index in [-0.39, 0.29) is 0 Å². The van der Waals surface area contributed by atoms with Crippen LogP contribution in [-0.4, -0.2) is 79.3 Å². The molecule has 3 aliphatic heterocycles. The van der Waals surface area contributed by atoms with E-state index in [2.05, 4.69) is 120 Å². The fraction of sp³-hybridized carbons (Fsp3) is 0.857. The third-order valence-corrected chi connectivity index (χ3v) is 16.9. The van der Waals surface area contributed by atoms with E-state index in [1.54, 1.807) is 47.1 Å². The molecular weight excluding hydrogens is 1110 g/mol. The van der Waals surface area contributed by atoms with Crippen LogP contribution in [0, 0.1) is 35.5 Å². The number of aromatic nitrogens is 3. The smallest absolute Gasteiger partial charge is 0.330 e. The van der Waals surface area contributed by atoms with Crippen molar-refractivity contribution in [3.05, 3.63) is 80.1 Å². The summed E-state index contributed by atoms with van der Waals surface area (Å²) >= 11 is 1.96. The summed E-state index contributed by atoms with van der Waals surface area (Å²) in [5.41, 5.74) is -2.41. The van der Waals surface area contributed by atoms with Gasteiger partial charge in [0, 0.05) is 26.4 Å². The first-order valence-electron chi connectivity index (χ1n) is 37.2. The third kappa shape index (κ3) is 77.8.